The topological polar surface area (TPSA) is 51.7 Å². The largest absolute Gasteiger partial charge is 0.369 e. The lowest BCUT2D eigenvalue weighted by molar-refractivity contribution is 0.102. The molecule has 0 spiro atoms. The zero-order valence-corrected chi connectivity index (χ0v) is 19.0. The Labute approximate surface area is 189 Å². The van der Waals surface area contributed by atoms with Crippen molar-refractivity contribution in [1.29, 1.82) is 0 Å². The average Bonchev–Trinajstić information content (AvgIpc) is 2.83. The number of aromatic nitrogens is 1. The number of anilines is 2. The van der Waals surface area contributed by atoms with Crippen molar-refractivity contribution in [3.8, 4) is 0 Å². The van der Waals surface area contributed by atoms with Gasteiger partial charge in [0, 0.05) is 73.7 Å². The number of carbonyl (C=O) groups is 1. The lowest BCUT2D eigenvalue weighted by Crippen LogP contribution is -2.44. The van der Waals surface area contributed by atoms with Gasteiger partial charge in [-0.25, -0.2) is 0 Å². The summed E-state index contributed by atoms with van der Waals surface area (Å²) in [4.78, 5) is 25.6. The molecule has 6 nitrogen and oxygen atoms in total. The third-order valence-electron chi connectivity index (χ3n) is 6.79. The predicted octanol–water partition coefficient (Wildman–Crippen LogP) is 3.62. The van der Waals surface area contributed by atoms with E-state index in [0.717, 1.165) is 85.6 Å². The lowest BCUT2D eigenvalue weighted by atomic mass is 9.95. The normalized spacial score (nSPS) is 17.4. The SMILES string of the molecule is CCN1CCc2nc3ccccc3c(C(=O)Nc3ccc(N4CCN(C)CC4)cc3)c2C1. The van der Waals surface area contributed by atoms with Gasteiger partial charge >= 0.3 is 0 Å². The molecule has 1 aromatic heterocycles. The Balaban J connectivity index is 1.42. The van der Waals surface area contributed by atoms with Crippen LogP contribution >= 0.6 is 0 Å². The molecule has 3 aromatic rings. The molecular formula is C26H31N5O. The van der Waals surface area contributed by atoms with Crippen molar-refractivity contribution in [2.75, 3.05) is 56.5 Å². The number of nitrogens with one attached hydrogen (secondary N) is 1. The quantitative estimate of drug-likeness (QED) is 0.687. The Morgan fingerprint density at radius 2 is 1.75 bits per heavy atom. The van der Waals surface area contributed by atoms with Crippen molar-refractivity contribution >= 4 is 28.2 Å². The van der Waals surface area contributed by atoms with Gasteiger partial charge in [0.25, 0.3) is 5.91 Å². The van der Waals surface area contributed by atoms with E-state index in [2.05, 4.69) is 46.1 Å². The molecule has 2 aromatic carbocycles. The van der Waals surface area contributed by atoms with Crippen LogP contribution in [0.3, 0.4) is 0 Å². The number of nitrogens with zero attached hydrogens (tertiary/aromatic N) is 4. The molecule has 2 aliphatic heterocycles. The number of likely N-dealkylation sites (N-methyl/N-ethyl adjacent to an activating group) is 2. The van der Waals surface area contributed by atoms with Gasteiger partial charge in [0.1, 0.15) is 0 Å². The van der Waals surface area contributed by atoms with Crippen molar-refractivity contribution in [3.05, 3.63) is 65.4 Å². The zero-order valence-electron chi connectivity index (χ0n) is 19.0. The van der Waals surface area contributed by atoms with Gasteiger partial charge in [0.05, 0.1) is 11.1 Å². The van der Waals surface area contributed by atoms with Crippen LogP contribution in [0.2, 0.25) is 0 Å². The molecule has 32 heavy (non-hydrogen) atoms. The van der Waals surface area contributed by atoms with E-state index in [9.17, 15) is 4.79 Å². The molecule has 166 valence electrons. The van der Waals surface area contributed by atoms with Gasteiger partial charge in [-0.2, -0.15) is 0 Å². The molecule has 5 rings (SSSR count). The summed E-state index contributed by atoms with van der Waals surface area (Å²) in [5.74, 6) is -0.0508. The summed E-state index contributed by atoms with van der Waals surface area (Å²) in [5.41, 5.74) is 5.83. The third kappa shape index (κ3) is 4.08. The van der Waals surface area contributed by atoms with Crippen molar-refractivity contribution in [3.63, 3.8) is 0 Å². The van der Waals surface area contributed by atoms with Crippen LogP contribution in [0, 0.1) is 0 Å². The highest BCUT2D eigenvalue weighted by atomic mass is 16.1. The summed E-state index contributed by atoms with van der Waals surface area (Å²) < 4.78 is 0. The molecule has 6 heteroatoms. The first-order valence-corrected chi connectivity index (χ1v) is 11.6. The van der Waals surface area contributed by atoms with Gasteiger partial charge in [-0.05, 0) is 43.9 Å². The minimum absolute atomic E-state index is 0.0508. The predicted molar refractivity (Wildman–Crippen MR) is 131 cm³/mol. The second kappa shape index (κ2) is 8.88. The molecule has 0 atom stereocenters. The molecule has 0 aliphatic carbocycles. The minimum atomic E-state index is -0.0508. The number of hydrogen-bond acceptors (Lipinski definition) is 5. The number of piperazine rings is 1. The third-order valence-corrected chi connectivity index (χ3v) is 6.79. The Morgan fingerprint density at radius 1 is 1.00 bits per heavy atom. The van der Waals surface area contributed by atoms with Crippen LogP contribution in [0.5, 0.6) is 0 Å². The van der Waals surface area contributed by atoms with Gasteiger partial charge in [0.2, 0.25) is 0 Å². The van der Waals surface area contributed by atoms with Crippen LogP contribution in [0.4, 0.5) is 11.4 Å². The molecular weight excluding hydrogens is 398 g/mol. The number of rotatable bonds is 4. The average molecular weight is 430 g/mol. The molecule has 2 aliphatic rings. The fraction of sp³-hybridized carbons (Fsp3) is 0.385. The molecule has 3 heterocycles. The maximum atomic E-state index is 13.5. The Morgan fingerprint density at radius 3 is 2.50 bits per heavy atom. The Bertz CT molecular complexity index is 1120. The molecule has 0 radical (unpaired) electrons. The van der Waals surface area contributed by atoms with Crippen LogP contribution in [0.15, 0.2) is 48.5 Å². The highest BCUT2D eigenvalue weighted by Crippen LogP contribution is 2.29. The van der Waals surface area contributed by atoms with Crippen molar-refractivity contribution in [2.24, 2.45) is 0 Å². The molecule has 0 bridgehead atoms. The van der Waals surface area contributed by atoms with Crippen molar-refractivity contribution in [2.45, 2.75) is 19.9 Å². The number of carbonyl (C=O) groups excluding carboxylic acids is 1. The van der Waals surface area contributed by atoms with Crippen LogP contribution < -0.4 is 10.2 Å². The maximum Gasteiger partial charge on any atom is 0.256 e. The number of benzene rings is 2. The summed E-state index contributed by atoms with van der Waals surface area (Å²) in [7, 11) is 2.16. The van der Waals surface area contributed by atoms with Gasteiger partial charge < -0.3 is 15.1 Å². The van der Waals surface area contributed by atoms with Crippen LogP contribution in [-0.2, 0) is 13.0 Å². The van der Waals surface area contributed by atoms with Gasteiger partial charge in [-0.15, -0.1) is 0 Å². The van der Waals surface area contributed by atoms with E-state index in [1.54, 1.807) is 0 Å². The number of fused-ring (bicyclic) bond motifs is 2. The van der Waals surface area contributed by atoms with E-state index < -0.39 is 0 Å². The highest BCUT2D eigenvalue weighted by molar-refractivity contribution is 6.13. The number of hydrogen-bond donors (Lipinski definition) is 1. The van der Waals surface area contributed by atoms with E-state index in [-0.39, 0.29) is 5.91 Å². The first-order valence-electron chi connectivity index (χ1n) is 11.6. The van der Waals surface area contributed by atoms with Crippen LogP contribution in [0.25, 0.3) is 10.9 Å². The van der Waals surface area contributed by atoms with Gasteiger partial charge in [-0.3, -0.25) is 14.7 Å². The van der Waals surface area contributed by atoms with E-state index in [1.807, 2.05) is 36.4 Å². The fourth-order valence-electron chi connectivity index (χ4n) is 4.79. The summed E-state index contributed by atoms with van der Waals surface area (Å²) in [6.07, 6.45) is 0.883. The molecule has 0 saturated carbocycles. The van der Waals surface area contributed by atoms with Crippen molar-refractivity contribution < 1.29 is 4.79 Å². The standard InChI is InChI=1S/C26H31N5O/c1-3-30-13-12-24-22(18-30)25(21-6-4-5-7-23(21)28-24)26(32)27-19-8-10-20(11-9-19)31-16-14-29(2)15-17-31/h4-11H,3,12-18H2,1-2H3,(H,27,32). The van der Waals surface area contributed by atoms with Gasteiger partial charge in [0.15, 0.2) is 0 Å². The minimum Gasteiger partial charge on any atom is -0.369 e. The summed E-state index contributed by atoms with van der Waals surface area (Å²) >= 11 is 0. The van der Waals surface area contributed by atoms with Crippen LogP contribution in [0.1, 0.15) is 28.5 Å². The first-order chi connectivity index (χ1) is 15.6. The second-order valence-electron chi connectivity index (χ2n) is 8.84. The van der Waals surface area contributed by atoms with Crippen LogP contribution in [-0.4, -0.2) is 67.0 Å². The van der Waals surface area contributed by atoms with Gasteiger partial charge in [-0.1, -0.05) is 25.1 Å². The second-order valence-corrected chi connectivity index (χ2v) is 8.84. The Hall–Kier alpha value is -2.96. The fourth-order valence-corrected chi connectivity index (χ4v) is 4.79. The molecule has 1 fully saturated rings. The molecule has 1 amide bonds. The molecule has 1 saturated heterocycles. The summed E-state index contributed by atoms with van der Waals surface area (Å²) in [5, 5.41) is 4.09. The summed E-state index contributed by atoms with van der Waals surface area (Å²) in [6, 6.07) is 16.2. The molecule has 0 unspecified atom stereocenters. The van der Waals surface area contributed by atoms with E-state index in [0.29, 0.717) is 0 Å². The maximum absolute atomic E-state index is 13.5. The number of pyridine rings is 1. The smallest absolute Gasteiger partial charge is 0.256 e. The zero-order chi connectivity index (χ0) is 22.1. The first kappa shape index (κ1) is 20.9. The number of amides is 1. The molecule has 1 N–H and O–H groups in total. The highest BCUT2D eigenvalue weighted by Gasteiger charge is 2.25. The monoisotopic (exact) mass is 429 g/mol. The number of para-hydroxylation sites is 1. The van der Waals surface area contributed by atoms with Crippen molar-refractivity contribution in [1.82, 2.24) is 14.8 Å². The summed E-state index contributed by atoms with van der Waals surface area (Å²) in [6.45, 7) is 9.12. The van der Waals surface area contributed by atoms with E-state index >= 15 is 0 Å². The van der Waals surface area contributed by atoms with E-state index in [1.165, 1.54) is 5.69 Å². The Kier molecular flexibility index (Phi) is 5.81. The lowest BCUT2D eigenvalue weighted by Gasteiger charge is -2.34. The van der Waals surface area contributed by atoms with E-state index in [4.69, 9.17) is 4.98 Å².